The number of tetrazole rings is 1. The lowest BCUT2D eigenvalue weighted by Gasteiger charge is -2.10. The van der Waals surface area contributed by atoms with Gasteiger partial charge in [-0.05, 0) is 23.8 Å². The molecule has 1 aromatic carbocycles. The van der Waals surface area contributed by atoms with E-state index in [0.29, 0.717) is 12.2 Å². The minimum absolute atomic E-state index is 0.122. The third-order valence-electron chi connectivity index (χ3n) is 3.36. The van der Waals surface area contributed by atoms with E-state index in [1.807, 2.05) is 31.2 Å². The molecule has 0 saturated carbocycles. The van der Waals surface area contributed by atoms with Crippen LogP contribution in [0.25, 0.3) is 11.4 Å². The van der Waals surface area contributed by atoms with Crippen LogP contribution in [0.2, 0.25) is 0 Å². The predicted molar refractivity (Wildman–Crippen MR) is 70.3 cm³/mol. The molecule has 1 aromatic heterocycles. The molecule has 2 heterocycles. The molecular formula is C12H14N4O2S. The second-order valence-electron chi connectivity index (χ2n) is 4.87. The average Bonchev–Trinajstić information content (AvgIpc) is 2.96. The highest BCUT2D eigenvalue weighted by Gasteiger charge is 2.31. The van der Waals surface area contributed by atoms with E-state index in [4.69, 9.17) is 0 Å². The summed E-state index contributed by atoms with van der Waals surface area (Å²) in [7, 11) is -2.94. The Kier molecular flexibility index (Phi) is 2.85. The van der Waals surface area contributed by atoms with Gasteiger partial charge in [0.1, 0.15) is 0 Å². The summed E-state index contributed by atoms with van der Waals surface area (Å²) in [5.74, 6) is 0.962. The molecule has 0 bridgehead atoms. The zero-order valence-electron chi connectivity index (χ0n) is 10.5. The number of hydrogen-bond acceptors (Lipinski definition) is 5. The molecule has 1 aliphatic rings. The molecule has 2 aromatic rings. The Morgan fingerprint density at radius 2 is 2.00 bits per heavy atom. The number of sulfone groups is 1. The van der Waals surface area contributed by atoms with Gasteiger partial charge in [-0.25, -0.2) is 13.1 Å². The molecule has 0 amide bonds. The van der Waals surface area contributed by atoms with Gasteiger partial charge in [-0.1, -0.05) is 29.8 Å². The molecule has 0 aliphatic carbocycles. The summed E-state index contributed by atoms with van der Waals surface area (Å²) < 4.78 is 24.7. The van der Waals surface area contributed by atoms with Crippen molar-refractivity contribution in [3.8, 4) is 11.4 Å². The van der Waals surface area contributed by atoms with E-state index < -0.39 is 9.84 Å². The maximum absolute atomic E-state index is 11.5. The van der Waals surface area contributed by atoms with Crippen molar-refractivity contribution in [3.05, 3.63) is 29.8 Å². The van der Waals surface area contributed by atoms with Crippen LogP contribution in [-0.2, 0) is 9.84 Å². The summed E-state index contributed by atoms with van der Waals surface area (Å²) in [4.78, 5) is 0. The summed E-state index contributed by atoms with van der Waals surface area (Å²) in [5, 5.41) is 11.7. The third kappa shape index (κ3) is 2.37. The largest absolute Gasteiger partial charge is 0.229 e. The van der Waals surface area contributed by atoms with E-state index in [1.54, 1.807) is 4.68 Å². The van der Waals surface area contributed by atoms with Gasteiger partial charge >= 0.3 is 0 Å². The zero-order chi connectivity index (χ0) is 13.5. The monoisotopic (exact) mass is 278 g/mol. The van der Waals surface area contributed by atoms with Crippen molar-refractivity contribution in [2.45, 2.75) is 19.4 Å². The van der Waals surface area contributed by atoms with Crippen molar-refractivity contribution in [3.63, 3.8) is 0 Å². The van der Waals surface area contributed by atoms with E-state index >= 15 is 0 Å². The molecule has 100 valence electrons. The molecular weight excluding hydrogens is 264 g/mol. The van der Waals surface area contributed by atoms with Crippen molar-refractivity contribution >= 4 is 9.84 Å². The molecule has 0 spiro atoms. The summed E-state index contributed by atoms with van der Waals surface area (Å²) in [5.41, 5.74) is 2.06. The molecule has 1 atom stereocenters. The first-order valence-electron chi connectivity index (χ1n) is 6.10. The second kappa shape index (κ2) is 4.41. The highest BCUT2D eigenvalue weighted by molar-refractivity contribution is 7.91. The maximum Gasteiger partial charge on any atom is 0.182 e. The Morgan fingerprint density at radius 1 is 1.26 bits per heavy atom. The van der Waals surface area contributed by atoms with Gasteiger partial charge in [-0.3, -0.25) is 0 Å². The van der Waals surface area contributed by atoms with Crippen LogP contribution >= 0.6 is 0 Å². The third-order valence-corrected chi connectivity index (χ3v) is 5.11. The first-order chi connectivity index (χ1) is 9.05. The molecule has 0 N–H and O–H groups in total. The van der Waals surface area contributed by atoms with Crippen LogP contribution in [0.15, 0.2) is 24.3 Å². The lowest BCUT2D eigenvalue weighted by Crippen LogP contribution is -2.14. The summed E-state index contributed by atoms with van der Waals surface area (Å²) in [6.45, 7) is 2.01. The van der Waals surface area contributed by atoms with E-state index in [-0.39, 0.29) is 17.5 Å². The quantitative estimate of drug-likeness (QED) is 0.819. The Labute approximate surface area is 111 Å². The number of benzene rings is 1. The lowest BCUT2D eigenvalue weighted by atomic mass is 10.1. The summed E-state index contributed by atoms with van der Waals surface area (Å²) in [6, 6.07) is 7.71. The van der Waals surface area contributed by atoms with Crippen LogP contribution in [0.4, 0.5) is 0 Å². The molecule has 1 fully saturated rings. The van der Waals surface area contributed by atoms with Gasteiger partial charge in [0.05, 0.1) is 17.5 Å². The van der Waals surface area contributed by atoms with Crippen molar-refractivity contribution < 1.29 is 8.42 Å². The Balaban J connectivity index is 1.97. The molecule has 1 aliphatic heterocycles. The normalized spacial score (nSPS) is 21.6. The van der Waals surface area contributed by atoms with E-state index in [1.165, 1.54) is 0 Å². The van der Waals surface area contributed by atoms with Crippen LogP contribution in [0.1, 0.15) is 18.0 Å². The first kappa shape index (κ1) is 12.3. The van der Waals surface area contributed by atoms with Crippen molar-refractivity contribution in [1.82, 2.24) is 20.2 Å². The standard InChI is InChI=1S/C12H14N4O2S/c1-9-2-4-10(5-3-9)12-13-14-15-16(12)11-6-7-19(17,18)8-11/h2-5,11H,6-8H2,1H3. The van der Waals surface area contributed by atoms with Gasteiger partial charge in [0, 0.05) is 5.56 Å². The van der Waals surface area contributed by atoms with Crippen molar-refractivity contribution in [2.24, 2.45) is 0 Å². The van der Waals surface area contributed by atoms with Crippen LogP contribution in [0.3, 0.4) is 0 Å². The van der Waals surface area contributed by atoms with Gasteiger partial charge in [-0.2, -0.15) is 0 Å². The molecule has 1 unspecified atom stereocenters. The van der Waals surface area contributed by atoms with Crippen LogP contribution in [0.5, 0.6) is 0 Å². The second-order valence-corrected chi connectivity index (χ2v) is 7.10. The van der Waals surface area contributed by atoms with Crippen LogP contribution < -0.4 is 0 Å². The van der Waals surface area contributed by atoms with E-state index in [0.717, 1.165) is 11.1 Å². The molecule has 19 heavy (non-hydrogen) atoms. The number of hydrogen-bond donors (Lipinski definition) is 0. The fraction of sp³-hybridized carbons (Fsp3) is 0.417. The van der Waals surface area contributed by atoms with Crippen molar-refractivity contribution in [2.75, 3.05) is 11.5 Å². The molecule has 7 heteroatoms. The van der Waals surface area contributed by atoms with Gasteiger partial charge in [0.15, 0.2) is 15.7 Å². The predicted octanol–water partition coefficient (Wildman–Crippen LogP) is 1.01. The van der Waals surface area contributed by atoms with Crippen LogP contribution in [0, 0.1) is 6.92 Å². The van der Waals surface area contributed by atoms with Gasteiger partial charge in [0.2, 0.25) is 0 Å². The fourth-order valence-electron chi connectivity index (χ4n) is 2.30. The van der Waals surface area contributed by atoms with Gasteiger partial charge in [-0.15, -0.1) is 5.10 Å². The average molecular weight is 278 g/mol. The van der Waals surface area contributed by atoms with E-state index in [2.05, 4.69) is 15.5 Å². The van der Waals surface area contributed by atoms with Crippen molar-refractivity contribution in [1.29, 1.82) is 0 Å². The number of nitrogens with zero attached hydrogens (tertiary/aromatic N) is 4. The maximum atomic E-state index is 11.5. The fourth-order valence-corrected chi connectivity index (χ4v) is 3.99. The minimum atomic E-state index is -2.94. The number of aryl methyl sites for hydroxylation is 1. The molecule has 3 rings (SSSR count). The smallest absolute Gasteiger partial charge is 0.182 e. The van der Waals surface area contributed by atoms with Gasteiger partial charge in [0.25, 0.3) is 0 Å². The molecule has 0 radical (unpaired) electrons. The first-order valence-corrected chi connectivity index (χ1v) is 7.93. The summed E-state index contributed by atoms with van der Waals surface area (Å²) in [6.07, 6.45) is 0.576. The Hall–Kier alpha value is -1.76. The Bertz CT molecular complexity index is 691. The summed E-state index contributed by atoms with van der Waals surface area (Å²) >= 11 is 0. The minimum Gasteiger partial charge on any atom is -0.229 e. The SMILES string of the molecule is Cc1ccc(-c2nnnn2C2CCS(=O)(=O)C2)cc1. The topological polar surface area (TPSA) is 77.7 Å². The Morgan fingerprint density at radius 3 is 2.63 bits per heavy atom. The number of aromatic nitrogens is 4. The van der Waals surface area contributed by atoms with Crippen LogP contribution in [-0.4, -0.2) is 40.1 Å². The zero-order valence-corrected chi connectivity index (χ0v) is 11.3. The van der Waals surface area contributed by atoms with Gasteiger partial charge < -0.3 is 0 Å². The molecule has 1 saturated heterocycles. The van der Waals surface area contributed by atoms with E-state index in [9.17, 15) is 8.42 Å². The highest BCUT2D eigenvalue weighted by atomic mass is 32.2. The highest BCUT2D eigenvalue weighted by Crippen LogP contribution is 2.27. The lowest BCUT2D eigenvalue weighted by molar-refractivity contribution is 0.489. The molecule has 6 nitrogen and oxygen atoms in total. The number of rotatable bonds is 2.